The van der Waals surface area contributed by atoms with Gasteiger partial charge in [-0.05, 0) is 45.7 Å². The van der Waals surface area contributed by atoms with Crippen LogP contribution in [-0.2, 0) is 13.0 Å². The zero-order chi connectivity index (χ0) is 21.5. The zero-order valence-corrected chi connectivity index (χ0v) is 19.3. The van der Waals surface area contributed by atoms with E-state index >= 15 is 0 Å². The number of benzene rings is 1. The lowest BCUT2D eigenvalue weighted by atomic mass is 9.97. The van der Waals surface area contributed by atoms with Crippen LogP contribution in [0.5, 0.6) is 11.5 Å². The third-order valence-corrected chi connectivity index (χ3v) is 5.74. The maximum Gasteiger partial charge on any atom is 0.312 e. The minimum Gasteiger partial charge on any atom is -0.454 e. The number of aromatic nitrogens is 4. The summed E-state index contributed by atoms with van der Waals surface area (Å²) in [6, 6.07) is 3.91. The second-order valence-corrected chi connectivity index (χ2v) is 9.60. The van der Waals surface area contributed by atoms with E-state index < -0.39 is 6.08 Å². The molecule has 3 N–H and O–H groups in total. The molecule has 1 aliphatic rings. The van der Waals surface area contributed by atoms with Crippen LogP contribution in [0.4, 0.5) is 10.2 Å². The standard InChI is InChI=1S/C20H24FIN6O2/c1-20(2,3)9-24-4-5-28-15(25-16-17(23)26-19(21)27-18(16)28)7-11-6-13-14(8-12(11)22)30-10-29-13/h6,8,24H,4-5,7,9-10H2,1-3H3,(H2,23,26,27)/i22-3. The van der Waals surface area contributed by atoms with Crippen molar-refractivity contribution in [1.82, 2.24) is 24.8 Å². The molecule has 160 valence electrons. The number of anilines is 1. The molecule has 3 aromatic rings. The molecule has 3 heterocycles. The average molecular weight is 523 g/mol. The van der Waals surface area contributed by atoms with Crippen LogP contribution in [0, 0.1) is 15.1 Å². The van der Waals surface area contributed by atoms with E-state index in [1.807, 2.05) is 16.7 Å². The van der Waals surface area contributed by atoms with Crippen molar-refractivity contribution >= 4 is 39.6 Å². The van der Waals surface area contributed by atoms with Crippen LogP contribution in [-0.4, -0.2) is 39.4 Å². The average Bonchev–Trinajstić information content (AvgIpc) is 3.23. The van der Waals surface area contributed by atoms with Crippen molar-refractivity contribution in [1.29, 1.82) is 0 Å². The Balaban J connectivity index is 1.67. The number of nitrogens with one attached hydrogen (secondary N) is 1. The molecule has 0 aliphatic carbocycles. The fourth-order valence-corrected chi connectivity index (χ4v) is 3.96. The molecule has 8 nitrogen and oxygen atoms in total. The molecule has 0 fully saturated rings. The number of hydrogen-bond donors (Lipinski definition) is 2. The SMILES string of the molecule is CC(C)(C)CNCCn1c(Cc2cc3c(cc2[124I])OCO3)nc2c(N)nc(F)nc21. The number of halogens is 2. The molecule has 1 aromatic carbocycles. The predicted molar refractivity (Wildman–Crippen MR) is 120 cm³/mol. The lowest BCUT2D eigenvalue weighted by molar-refractivity contribution is 0.174. The van der Waals surface area contributed by atoms with Crippen LogP contribution in [0.3, 0.4) is 0 Å². The minimum atomic E-state index is -0.854. The highest BCUT2D eigenvalue weighted by Crippen LogP contribution is 2.36. The van der Waals surface area contributed by atoms with Gasteiger partial charge in [-0.3, -0.25) is 0 Å². The Morgan fingerprint density at radius 3 is 2.67 bits per heavy atom. The summed E-state index contributed by atoms with van der Waals surface area (Å²) < 4.78 is 27.8. The van der Waals surface area contributed by atoms with Crippen LogP contribution in [0.2, 0.25) is 0 Å². The van der Waals surface area contributed by atoms with Gasteiger partial charge in [0.05, 0.1) is 0 Å². The summed E-state index contributed by atoms with van der Waals surface area (Å²) in [4.78, 5) is 12.3. The summed E-state index contributed by atoms with van der Waals surface area (Å²) in [5.74, 6) is 2.23. The van der Waals surface area contributed by atoms with Crippen molar-refractivity contribution in [2.24, 2.45) is 5.41 Å². The van der Waals surface area contributed by atoms with Crippen molar-refractivity contribution in [3.05, 3.63) is 33.2 Å². The second kappa shape index (κ2) is 8.14. The first kappa shape index (κ1) is 21.0. The first-order valence-corrected chi connectivity index (χ1v) is 10.8. The number of fused-ring (bicyclic) bond motifs is 2. The quantitative estimate of drug-likeness (QED) is 0.291. The molecular formula is C20H24FIN6O2. The van der Waals surface area contributed by atoms with Gasteiger partial charge in [0, 0.05) is 29.6 Å². The Labute approximate surface area is 187 Å². The van der Waals surface area contributed by atoms with Crippen molar-refractivity contribution in [2.45, 2.75) is 33.7 Å². The molecular weight excluding hydrogens is 499 g/mol. The van der Waals surface area contributed by atoms with Crippen molar-refractivity contribution in [3.8, 4) is 11.5 Å². The molecule has 0 bridgehead atoms. The molecule has 0 atom stereocenters. The molecule has 0 saturated carbocycles. The van der Waals surface area contributed by atoms with E-state index in [1.54, 1.807) is 0 Å². The topological polar surface area (TPSA) is 100 Å². The molecule has 0 radical (unpaired) electrons. The number of hydrogen-bond acceptors (Lipinski definition) is 7. The zero-order valence-electron chi connectivity index (χ0n) is 17.1. The van der Waals surface area contributed by atoms with E-state index in [0.29, 0.717) is 36.4 Å². The molecule has 2 aromatic heterocycles. The van der Waals surface area contributed by atoms with Crippen LogP contribution in [0.25, 0.3) is 11.2 Å². The van der Waals surface area contributed by atoms with Gasteiger partial charge in [0.25, 0.3) is 0 Å². The highest BCUT2D eigenvalue weighted by Gasteiger charge is 2.21. The molecule has 0 amide bonds. The van der Waals surface area contributed by atoms with Gasteiger partial charge in [-0.1, -0.05) is 20.8 Å². The third-order valence-electron chi connectivity index (χ3n) is 4.73. The predicted octanol–water partition coefficient (Wildman–Crippen LogP) is 3.11. The molecule has 30 heavy (non-hydrogen) atoms. The van der Waals surface area contributed by atoms with E-state index in [4.69, 9.17) is 15.2 Å². The normalized spacial score (nSPS) is 13.4. The molecule has 1 aliphatic heterocycles. The Kier molecular flexibility index (Phi) is 5.71. The fraction of sp³-hybridized carbons (Fsp3) is 0.450. The van der Waals surface area contributed by atoms with Gasteiger partial charge < -0.3 is 25.1 Å². The Hall–Kier alpha value is -2.21. The second-order valence-electron chi connectivity index (χ2n) is 8.44. The summed E-state index contributed by atoms with van der Waals surface area (Å²) >= 11 is 2.27. The van der Waals surface area contributed by atoms with Crippen LogP contribution in [0.1, 0.15) is 32.2 Å². The van der Waals surface area contributed by atoms with Crippen molar-refractivity contribution < 1.29 is 13.9 Å². The van der Waals surface area contributed by atoms with Gasteiger partial charge in [0.15, 0.2) is 28.5 Å². The van der Waals surface area contributed by atoms with Gasteiger partial charge in [-0.15, -0.1) is 0 Å². The Bertz CT molecular complexity index is 1100. The van der Waals surface area contributed by atoms with E-state index in [1.165, 1.54) is 0 Å². The highest BCUT2D eigenvalue weighted by molar-refractivity contribution is 14.1. The molecule has 0 saturated heterocycles. The van der Waals surface area contributed by atoms with Gasteiger partial charge in [0.1, 0.15) is 5.82 Å². The third kappa shape index (κ3) is 4.43. The molecule has 10 heteroatoms. The Morgan fingerprint density at radius 2 is 1.93 bits per heavy atom. The number of nitrogens with two attached hydrogens (primary N) is 1. The first-order chi connectivity index (χ1) is 14.2. The lowest BCUT2D eigenvalue weighted by Gasteiger charge is -2.19. The molecule has 0 unspecified atom stereocenters. The maximum atomic E-state index is 13.9. The summed E-state index contributed by atoms with van der Waals surface area (Å²) in [6.07, 6.45) is -0.334. The van der Waals surface area contributed by atoms with E-state index in [2.05, 4.69) is 63.6 Å². The van der Waals surface area contributed by atoms with Crippen LogP contribution >= 0.6 is 22.6 Å². The number of nitrogen functional groups attached to an aromatic ring is 1. The lowest BCUT2D eigenvalue weighted by Crippen LogP contribution is -2.30. The monoisotopic (exact) mass is 523 g/mol. The number of imidazole rings is 1. The van der Waals surface area contributed by atoms with Gasteiger partial charge in [-0.25, -0.2) is 4.98 Å². The van der Waals surface area contributed by atoms with Gasteiger partial charge in [-0.2, -0.15) is 14.4 Å². The number of ether oxygens (including phenoxy) is 2. The minimum absolute atomic E-state index is 0.0422. The van der Waals surface area contributed by atoms with Crippen molar-refractivity contribution in [3.63, 3.8) is 0 Å². The summed E-state index contributed by atoms with van der Waals surface area (Å²) in [7, 11) is 0. The molecule has 4 rings (SSSR count). The van der Waals surface area contributed by atoms with E-state index in [0.717, 1.165) is 27.3 Å². The maximum absolute atomic E-state index is 13.9. The number of nitrogens with zero attached hydrogens (tertiary/aromatic N) is 4. The molecule has 0 spiro atoms. The Morgan fingerprint density at radius 1 is 1.20 bits per heavy atom. The summed E-state index contributed by atoms with van der Waals surface area (Å²) in [5.41, 5.74) is 7.95. The highest BCUT2D eigenvalue weighted by atomic mass is 124. The van der Waals surface area contributed by atoms with E-state index in [-0.39, 0.29) is 18.0 Å². The summed E-state index contributed by atoms with van der Waals surface area (Å²) in [5, 5.41) is 3.44. The largest absolute Gasteiger partial charge is 0.454 e. The van der Waals surface area contributed by atoms with Crippen LogP contribution in [0.15, 0.2) is 12.1 Å². The first-order valence-electron chi connectivity index (χ1n) is 9.68. The smallest absolute Gasteiger partial charge is 0.312 e. The fourth-order valence-electron chi connectivity index (χ4n) is 3.33. The van der Waals surface area contributed by atoms with E-state index in [9.17, 15) is 4.39 Å². The van der Waals surface area contributed by atoms with Gasteiger partial charge in [0.2, 0.25) is 6.79 Å². The van der Waals surface area contributed by atoms with Gasteiger partial charge >= 0.3 is 6.08 Å². The number of rotatable bonds is 6. The van der Waals surface area contributed by atoms with Crippen LogP contribution < -0.4 is 20.5 Å². The summed E-state index contributed by atoms with van der Waals surface area (Å²) in [6.45, 7) is 8.87. The van der Waals surface area contributed by atoms with Crippen molar-refractivity contribution in [2.75, 3.05) is 25.6 Å².